The van der Waals surface area contributed by atoms with Crippen molar-refractivity contribution in [2.75, 3.05) is 19.7 Å². The Kier molecular flexibility index (Phi) is 2.32. The van der Waals surface area contributed by atoms with Crippen molar-refractivity contribution in [3.63, 3.8) is 0 Å². The van der Waals surface area contributed by atoms with Crippen LogP contribution in [0.25, 0.3) is 0 Å². The number of aliphatic hydroxyl groups is 2. The lowest BCUT2D eigenvalue weighted by molar-refractivity contribution is -0.175. The quantitative estimate of drug-likeness (QED) is 0.501. The van der Waals surface area contributed by atoms with Crippen LogP contribution < -0.4 is 5.32 Å². The van der Waals surface area contributed by atoms with Crippen molar-refractivity contribution in [3.8, 4) is 0 Å². The molecule has 14 heavy (non-hydrogen) atoms. The van der Waals surface area contributed by atoms with Crippen LogP contribution in [-0.4, -0.2) is 53.5 Å². The smallest absolute Gasteiger partial charge is 0.163 e. The highest BCUT2D eigenvalue weighted by Gasteiger charge is 2.53. The zero-order valence-electron chi connectivity index (χ0n) is 8.49. The lowest BCUT2D eigenvalue weighted by Crippen LogP contribution is -2.63. The minimum atomic E-state index is -1.23. The monoisotopic (exact) mass is 203 g/mol. The summed E-state index contributed by atoms with van der Waals surface area (Å²) in [6.45, 7) is 4.29. The van der Waals surface area contributed by atoms with Gasteiger partial charge in [-0.2, -0.15) is 0 Å². The van der Waals surface area contributed by atoms with E-state index in [1.165, 1.54) is 0 Å². The highest BCUT2D eigenvalue weighted by atomic mass is 16.8. The van der Waals surface area contributed by atoms with Gasteiger partial charge in [-0.1, -0.05) is 0 Å². The third-order valence-electron chi connectivity index (χ3n) is 2.76. The number of fused-ring (bicyclic) bond motifs is 1. The number of hydrogen-bond acceptors (Lipinski definition) is 5. The molecule has 3 atom stereocenters. The molecule has 3 N–H and O–H groups in total. The molecule has 2 rings (SSSR count). The van der Waals surface area contributed by atoms with Crippen molar-refractivity contribution in [1.29, 1.82) is 0 Å². The summed E-state index contributed by atoms with van der Waals surface area (Å²) in [5, 5.41) is 22.2. The molecule has 2 aliphatic rings. The fraction of sp³-hybridized carbons (Fsp3) is 1.00. The van der Waals surface area contributed by atoms with Crippen LogP contribution in [0.4, 0.5) is 0 Å². The van der Waals surface area contributed by atoms with Crippen LogP contribution in [0.3, 0.4) is 0 Å². The Morgan fingerprint density at radius 2 is 2.14 bits per heavy atom. The first-order valence-corrected chi connectivity index (χ1v) is 4.86. The van der Waals surface area contributed by atoms with Gasteiger partial charge >= 0.3 is 0 Å². The second-order valence-corrected chi connectivity index (χ2v) is 4.49. The molecule has 0 saturated carbocycles. The Balaban J connectivity index is 2.18. The summed E-state index contributed by atoms with van der Waals surface area (Å²) in [6.07, 6.45) is -0.625. The van der Waals surface area contributed by atoms with Crippen molar-refractivity contribution in [2.24, 2.45) is 0 Å². The molecule has 82 valence electrons. The first-order valence-electron chi connectivity index (χ1n) is 4.86. The third-order valence-corrected chi connectivity index (χ3v) is 2.76. The van der Waals surface area contributed by atoms with E-state index in [1.807, 2.05) is 13.8 Å². The van der Waals surface area contributed by atoms with E-state index in [2.05, 4.69) is 5.32 Å². The fourth-order valence-corrected chi connectivity index (χ4v) is 2.12. The van der Waals surface area contributed by atoms with E-state index in [4.69, 9.17) is 14.6 Å². The number of ether oxygens (including phenoxy) is 2. The van der Waals surface area contributed by atoms with Gasteiger partial charge in [-0.05, 0) is 13.8 Å². The number of hydrogen-bond donors (Lipinski definition) is 3. The van der Waals surface area contributed by atoms with Gasteiger partial charge in [0.2, 0.25) is 0 Å². The van der Waals surface area contributed by atoms with E-state index in [0.29, 0.717) is 13.1 Å². The molecule has 2 aliphatic heterocycles. The number of piperidine rings is 1. The average molecular weight is 203 g/mol. The van der Waals surface area contributed by atoms with Crippen LogP contribution in [0.5, 0.6) is 0 Å². The van der Waals surface area contributed by atoms with E-state index >= 15 is 0 Å². The summed E-state index contributed by atoms with van der Waals surface area (Å²) in [4.78, 5) is 0. The molecule has 5 heteroatoms. The van der Waals surface area contributed by atoms with Crippen LogP contribution >= 0.6 is 0 Å². The summed E-state index contributed by atoms with van der Waals surface area (Å²) in [7, 11) is 0. The van der Waals surface area contributed by atoms with Gasteiger partial charge in [0.1, 0.15) is 17.8 Å². The van der Waals surface area contributed by atoms with Gasteiger partial charge in [0.25, 0.3) is 0 Å². The van der Waals surface area contributed by atoms with Crippen molar-refractivity contribution in [1.82, 2.24) is 5.32 Å². The van der Waals surface area contributed by atoms with Crippen LogP contribution in [0, 0.1) is 0 Å². The number of β-amino-alcohol motifs (C(OH)–C–C–N with tert-alkyl or cyclic N) is 1. The van der Waals surface area contributed by atoms with Gasteiger partial charge < -0.3 is 25.0 Å². The van der Waals surface area contributed by atoms with E-state index in [0.717, 1.165) is 0 Å². The van der Waals surface area contributed by atoms with Crippen molar-refractivity contribution in [2.45, 2.75) is 37.4 Å². The Labute approximate surface area is 83.0 Å². The minimum absolute atomic E-state index is 0.184. The Hall–Kier alpha value is -0.200. The second kappa shape index (κ2) is 3.15. The van der Waals surface area contributed by atoms with Crippen molar-refractivity contribution in [3.05, 3.63) is 0 Å². The number of aliphatic hydroxyl groups excluding tert-OH is 1. The normalized spacial score (nSPS) is 46.3. The molecule has 2 heterocycles. The molecule has 5 nitrogen and oxygen atoms in total. The first-order chi connectivity index (χ1) is 6.47. The molecular formula is C9H17NO4. The molecule has 0 unspecified atom stereocenters. The summed E-state index contributed by atoms with van der Waals surface area (Å²) < 4.78 is 11.2. The first kappa shape index (κ1) is 10.3. The summed E-state index contributed by atoms with van der Waals surface area (Å²) in [5.74, 6) is -0.676. The van der Waals surface area contributed by atoms with Crippen LogP contribution in [0.2, 0.25) is 0 Å². The average Bonchev–Trinajstić information content (AvgIpc) is 2.42. The summed E-state index contributed by atoms with van der Waals surface area (Å²) in [5.41, 5.74) is -1.23. The zero-order valence-corrected chi connectivity index (χ0v) is 8.49. The molecule has 0 bridgehead atoms. The van der Waals surface area contributed by atoms with Crippen LogP contribution in [-0.2, 0) is 9.47 Å². The lowest BCUT2D eigenvalue weighted by Gasteiger charge is -2.38. The SMILES string of the molecule is CC1(C)O[C@@H]2CNC[C@@](O)(CO)[C@H]2O1. The van der Waals surface area contributed by atoms with E-state index in [1.54, 1.807) is 0 Å². The van der Waals surface area contributed by atoms with Gasteiger partial charge in [-0.3, -0.25) is 0 Å². The minimum Gasteiger partial charge on any atom is -0.393 e. The topological polar surface area (TPSA) is 71.0 Å². The molecule has 0 aromatic heterocycles. The molecule has 2 saturated heterocycles. The molecule has 0 amide bonds. The molecule has 0 aliphatic carbocycles. The maximum absolute atomic E-state index is 10.1. The van der Waals surface area contributed by atoms with Crippen molar-refractivity contribution >= 4 is 0 Å². The predicted octanol–water partition coefficient (Wildman–Crippen LogP) is -1.17. The van der Waals surface area contributed by atoms with E-state index in [9.17, 15) is 5.11 Å². The Bertz CT molecular complexity index is 233. The van der Waals surface area contributed by atoms with Gasteiger partial charge in [-0.15, -0.1) is 0 Å². The summed E-state index contributed by atoms with van der Waals surface area (Å²) in [6, 6.07) is 0. The lowest BCUT2D eigenvalue weighted by atomic mass is 9.90. The predicted molar refractivity (Wildman–Crippen MR) is 48.7 cm³/mol. The highest BCUT2D eigenvalue weighted by molar-refractivity contribution is 5.02. The molecule has 0 spiro atoms. The maximum Gasteiger partial charge on any atom is 0.163 e. The molecule has 2 fully saturated rings. The van der Waals surface area contributed by atoms with Gasteiger partial charge in [0.15, 0.2) is 5.79 Å². The Morgan fingerprint density at radius 1 is 1.43 bits per heavy atom. The Morgan fingerprint density at radius 3 is 2.79 bits per heavy atom. The molecule has 0 radical (unpaired) electrons. The maximum atomic E-state index is 10.1. The second-order valence-electron chi connectivity index (χ2n) is 4.49. The number of nitrogens with one attached hydrogen (secondary N) is 1. The molecule has 0 aromatic rings. The zero-order chi connectivity index (χ0) is 10.4. The van der Waals surface area contributed by atoms with Crippen LogP contribution in [0.1, 0.15) is 13.8 Å². The number of rotatable bonds is 1. The van der Waals surface area contributed by atoms with Crippen molar-refractivity contribution < 1.29 is 19.7 Å². The van der Waals surface area contributed by atoms with Gasteiger partial charge in [0.05, 0.1) is 6.61 Å². The third kappa shape index (κ3) is 1.55. The standard InChI is InChI=1S/C9H17NO4/c1-8(2)13-6-3-10-4-9(12,5-11)7(6)14-8/h6-7,10-12H,3-5H2,1-2H3/t6-,7+,9-/m1/s1. The van der Waals surface area contributed by atoms with E-state index in [-0.39, 0.29) is 12.7 Å². The molecule has 0 aromatic carbocycles. The summed E-state index contributed by atoms with van der Waals surface area (Å²) >= 11 is 0. The van der Waals surface area contributed by atoms with Crippen LogP contribution in [0.15, 0.2) is 0 Å². The van der Waals surface area contributed by atoms with E-state index < -0.39 is 17.5 Å². The van der Waals surface area contributed by atoms with Gasteiger partial charge in [-0.25, -0.2) is 0 Å². The fourth-order valence-electron chi connectivity index (χ4n) is 2.12. The highest BCUT2D eigenvalue weighted by Crippen LogP contribution is 2.35. The largest absolute Gasteiger partial charge is 0.393 e. The van der Waals surface area contributed by atoms with Gasteiger partial charge in [0, 0.05) is 13.1 Å². The molecular weight excluding hydrogens is 186 g/mol.